The van der Waals surface area contributed by atoms with E-state index in [0.29, 0.717) is 0 Å². The second-order valence-corrected chi connectivity index (χ2v) is 6.46. The third-order valence-electron chi connectivity index (χ3n) is 3.14. The fourth-order valence-electron chi connectivity index (χ4n) is 2.31. The molecule has 4 rings (SSSR count). The molecular formula is C15H10S2. The summed E-state index contributed by atoms with van der Waals surface area (Å²) < 4.78 is 5.71. The lowest BCUT2D eigenvalue weighted by atomic mass is 10.2. The summed E-state index contributed by atoms with van der Waals surface area (Å²) in [5.74, 6) is 0. The van der Waals surface area contributed by atoms with Crippen LogP contribution in [0.25, 0.3) is 29.6 Å². The molecule has 2 heteroatoms. The van der Waals surface area contributed by atoms with E-state index < -0.39 is 0 Å². The van der Waals surface area contributed by atoms with Crippen LogP contribution in [-0.2, 0) is 0 Å². The Morgan fingerprint density at radius 1 is 0.765 bits per heavy atom. The summed E-state index contributed by atoms with van der Waals surface area (Å²) in [4.78, 5) is 0. The maximum atomic E-state index is 2.29. The van der Waals surface area contributed by atoms with E-state index in [1.165, 1.54) is 35.1 Å². The summed E-state index contributed by atoms with van der Waals surface area (Å²) in [7, 11) is 0. The van der Waals surface area contributed by atoms with Gasteiger partial charge < -0.3 is 0 Å². The van der Waals surface area contributed by atoms with Crippen molar-refractivity contribution in [2.45, 2.75) is 6.92 Å². The van der Waals surface area contributed by atoms with Gasteiger partial charge in [0.2, 0.25) is 0 Å². The van der Waals surface area contributed by atoms with Crippen molar-refractivity contribution in [1.82, 2.24) is 0 Å². The minimum absolute atomic E-state index is 1.34. The van der Waals surface area contributed by atoms with Crippen LogP contribution >= 0.6 is 22.7 Å². The molecule has 0 saturated heterocycles. The summed E-state index contributed by atoms with van der Waals surface area (Å²) in [6.07, 6.45) is 0. The van der Waals surface area contributed by atoms with E-state index in [0.717, 1.165) is 0 Å². The first-order chi connectivity index (χ1) is 8.33. The standard InChI is InChI=1S/C15H10S2/c1-9-6-7-11-13(8-9)17-14-10-4-2-3-5-12(10)16-15(11)14/h2-8H,1H3. The fourth-order valence-corrected chi connectivity index (χ4v) is 5.06. The Kier molecular flexibility index (Phi) is 1.88. The van der Waals surface area contributed by atoms with Gasteiger partial charge in [-0.25, -0.2) is 0 Å². The zero-order chi connectivity index (χ0) is 11.4. The molecule has 2 heterocycles. The van der Waals surface area contributed by atoms with Gasteiger partial charge in [0.25, 0.3) is 0 Å². The van der Waals surface area contributed by atoms with Crippen LogP contribution in [-0.4, -0.2) is 0 Å². The van der Waals surface area contributed by atoms with Crippen LogP contribution in [0.4, 0.5) is 0 Å². The van der Waals surface area contributed by atoms with E-state index in [9.17, 15) is 0 Å². The lowest BCUT2D eigenvalue weighted by Gasteiger charge is -1.91. The molecule has 0 aliphatic carbocycles. The summed E-state index contributed by atoms with van der Waals surface area (Å²) in [6.45, 7) is 2.16. The SMILES string of the molecule is Cc1ccc2c(c1)sc1c3ccccc3sc21. The molecule has 2 aromatic heterocycles. The molecule has 4 aromatic rings. The third-order valence-corrected chi connectivity index (χ3v) is 5.66. The summed E-state index contributed by atoms with van der Waals surface area (Å²) in [5.41, 5.74) is 1.34. The van der Waals surface area contributed by atoms with Crippen LogP contribution in [0.3, 0.4) is 0 Å². The molecule has 0 atom stereocenters. The number of hydrogen-bond acceptors (Lipinski definition) is 2. The van der Waals surface area contributed by atoms with Crippen molar-refractivity contribution in [2.75, 3.05) is 0 Å². The van der Waals surface area contributed by atoms with Crippen LogP contribution < -0.4 is 0 Å². The molecule has 2 aromatic carbocycles. The molecule has 0 spiro atoms. The molecule has 0 N–H and O–H groups in total. The predicted molar refractivity (Wildman–Crippen MR) is 79.5 cm³/mol. The largest absolute Gasteiger partial charge is 0.134 e. The van der Waals surface area contributed by atoms with Gasteiger partial charge in [0, 0.05) is 20.2 Å². The number of benzene rings is 2. The van der Waals surface area contributed by atoms with E-state index in [1.54, 1.807) is 0 Å². The molecule has 0 aliphatic heterocycles. The van der Waals surface area contributed by atoms with E-state index in [2.05, 4.69) is 49.4 Å². The van der Waals surface area contributed by atoms with Gasteiger partial charge in [0.15, 0.2) is 0 Å². The van der Waals surface area contributed by atoms with Crippen molar-refractivity contribution in [3.05, 3.63) is 48.0 Å². The third kappa shape index (κ3) is 1.28. The van der Waals surface area contributed by atoms with Crippen molar-refractivity contribution in [1.29, 1.82) is 0 Å². The molecule has 0 radical (unpaired) electrons. The molecule has 0 bridgehead atoms. The first kappa shape index (κ1) is 9.63. The van der Waals surface area contributed by atoms with Crippen molar-refractivity contribution in [3.8, 4) is 0 Å². The Hall–Kier alpha value is -1.38. The van der Waals surface area contributed by atoms with Crippen LogP contribution in [0.1, 0.15) is 5.56 Å². The predicted octanol–water partition coefficient (Wildman–Crippen LogP) is 5.58. The molecule has 17 heavy (non-hydrogen) atoms. The average Bonchev–Trinajstić information content (AvgIpc) is 2.84. The molecular weight excluding hydrogens is 244 g/mol. The van der Waals surface area contributed by atoms with Gasteiger partial charge in [-0.1, -0.05) is 30.3 Å². The van der Waals surface area contributed by atoms with Gasteiger partial charge in [-0.2, -0.15) is 0 Å². The minimum Gasteiger partial charge on any atom is -0.134 e. The quantitative estimate of drug-likeness (QED) is 0.384. The van der Waals surface area contributed by atoms with Crippen molar-refractivity contribution in [3.63, 3.8) is 0 Å². The second-order valence-electron chi connectivity index (χ2n) is 4.36. The van der Waals surface area contributed by atoms with Gasteiger partial charge in [0.1, 0.15) is 0 Å². The normalized spacial score (nSPS) is 11.8. The highest BCUT2D eigenvalue weighted by atomic mass is 32.1. The van der Waals surface area contributed by atoms with Gasteiger partial charge in [-0.05, 0) is 24.6 Å². The maximum absolute atomic E-state index is 2.29. The molecule has 0 nitrogen and oxygen atoms in total. The molecule has 82 valence electrons. The van der Waals surface area contributed by atoms with E-state index >= 15 is 0 Å². The average molecular weight is 254 g/mol. The number of hydrogen-bond donors (Lipinski definition) is 0. The highest BCUT2D eigenvalue weighted by molar-refractivity contribution is 7.36. The van der Waals surface area contributed by atoms with Gasteiger partial charge >= 0.3 is 0 Å². The number of rotatable bonds is 0. The molecule has 0 unspecified atom stereocenters. The summed E-state index contributed by atoms with van der Waals surface area (Å²) in [5, 5.41) is 2.82. The molecule has 0 aliphatic rings. The fraction of sp³-hybridized carbons (Fsp3) is 0.0667. The zero-order valence-corrected chi connectivity index (χ0v) is 11.0. The van der Waals surface area contributed by atoms with E-state index in [1.807, 2.05) is 22.7 Å². The Morgan fingerprint density at radius 2 is 1.47 bits per heavy atom. The van der Waals surface area contributed by atoms with Crippen LogP contribution in [0, 0.1) is 6.92 Å². The Morgan fingerprint density at radius 3 is 2.35 bits per heavy atom. The van der Waals surface area contributed by atoms with E-state index in [4.69, 9.17) is 0 Å². The van der Waals surface area contributed by atoms with Gasteiger partial charge in [0.05, 0.1) is 9.40 Å². The summed E-state index contributed by atoms with van der Waals surface area (Å²) >= 11 is 3.84. The lowest BCUT2D eigenvalue weighted by Crippen LogP contribution is -1.67. The first-order valence-electron chi connectivity index (χ1n) is 5.63. The smallest absolute Gasteiger partial charge is 0.0542 e. The molecule has 0 amide bonds. The van der Waals surface area contributed by atoms with Crippen molar-refractivity contribution < 1.29 is 0 Å². The van der Waals surface area contributed by atoms with Crippen molar-refractivity contribution >= 4 is 52.2 Å². The summed E-state index contributed by atoms with van der Waals surface area (Å²) in [6, 6.07) is 15.5. The Balaban J connectivity index is 2.29. The van der Waals surface area contributed by atoms with Gasteiger partial charge in [-0.3, -0.25) is 0 Å². The monoisotopic (exact) mass is 254 g/mol. The highest BCUT2D eigenvalue weighted by Crippen LogP contribution is 2.43. The highest BCUT2D eigenvalue weighted by Gasteiger charge is 2.10. The minimum atomic E-state index is 1.34. The van der Waals surface area contributed by atoms with Crippen LogP contribution in [0.5, 0.6) is 0 Å². The van der Waals surface area contributed by atoms with Crippen molar-refractivity contribution in [2.24, 2.45) is 0 Å². The lowest BCUT2D eigenvalue weighted by molar-refractivity contribution is 1.52. The van der Waals surface area contributed by atoms with E-state index in [-0.39, 0.29) is 0 Å². The number of thiophene rings is 2. The van der Waals surface area contributed by atoms with Crippen LogP contribution in [0.2, 0.25) is 0 Å². The van der Waals surface area contributed by atoms with Gasteiger partial charge in [-0.15, -0.1) is 22.7 Å². The topological polar surface area (TPSA) is 0 Å². The maximum Gasteiger partial charge on any atom is 0.0542 e. The van der Waals surface area contributed by atoms with Crippen LogP contribution in [0.15, 0.2) is 42.5 Å². The Labute approximate surface area is 107 Å². The Bertz CT molecular complexity index is 849. The molecule has 0 fully saturated rings. The number of aryl methyl sites for hydroxylation is 1. The number of fused-ring (bicyclic) bond motifs is 5. The zero-order valence-electron chi connectivity index (χ0n) is 9.36. The first-order valence-corrected chi connectivity index (χ1v) is 7.26. The molecule has 0 saturated carbocycles. The second kappa shape index (κ2) is 3.31.